The van der Waals surface area contributed by atoms with Gasteiger partial charge in [-0.1, -0.05) is 35.4 Å². The molecule has 0 radical (unpaired) electrons. The van der Waals surface area contributed by atoms with Gasteiger partial charge in [-0.25, -0.2) is 0 Å². The fraction of sp³-hybridized carbons (Fsp3) is 0.481. The molecule has 1 saturated heterocycles. The third-order valence-corrected chi connectivity index (χ3v) is 8.86. The van der Waals surface area contributed by atoms with E-state index < -0.39 is 18.2 Å². The van der Waals surface area contributed by atoms with E-state index in [4.69, 9.17) is 9.47 Å². The Kier molecular flexibility index (Phi) is 8.10. The molecular formula is C27H35O5P. The smallest absolute Gasteiger partial charge is 0.229 e. The zero-order valence-corrected chi connectivity index (χ0v) is 21.5. The van der Waals surface area contributed by atoms with Gasteiger partial charge < -0.3 is 14.0 Å². The van der Waals surface area contributed by atoms with Gasteiger partial charge in [-0.3, -0.25) is 9.59 Å². The van der Waals surface area contributed by atoms with Gasteiger partial charge in [0.15, 0.2) is 6.29 Å². The van der Waals surface area contributed by atoms with Gasteiger partial charge in [-0.05, 0) is 83.1 Å². The fourth-order valence-electron chi connectivity index (χ4n) is 4.85. The first kappa shape index (κ1) is 25.6. The highest BCUT2D eigenvalue weighted by Gasteiger charge is 2.43. The average molecular weight is 471 g/mol. The van der Waals surface area contributed by atoms with Crippen molar-refractivity contribution in [3.05, 3.63) is 68.8 Å². The van der Waals surface area contributed by atoms with Crippen LogP contribution in [0.3, 0.4) is 0 Å². The Morgan fingerprint density at radius 1 is 0.848 bits per heavy atom. The predicted octanol–water partition coefficient (Wildman–Crippen LogP) is 6.42. The standard InChI is InChI=1S/C27H35O5P/c1-17-13-19(3)24(20(4)14-17)26(28)33(30,12-11-32-23-9-7-8-10-31-23)27(29)25-21(5)15-18(2)16-22(25)6/h13-16,23H,7-12H2,1-6H3. The van der Waals surface area contributed by atoms with Gasteiger partial charge >= 0.3 is 0 Å². The Morgan fingerprint density at radius 3 is 1.70 bits per heavy atom. The number of hydrogen-bond acceptors (Lipinski definition) is 5. The number of rotatable bonds is 8. The number of benzene rings is 2. The maximum Gasteiger partial charge on any atom is 0.229 e. The molecule has 2 aromatic rings. The number of carbonyl (C=O) groups is 2. The Bertz CT molecular complexity index is 992. The molecule has 0 N–H and O–H groups in total. The highest BCUT2D eigenvalue weighted by atomic mass is 31.2. The zero-order valence-electron chi connectivity index (χ0n) is 20.6. The molecule has 1 atom stereocenters. The van der Waals surface area contributed by atoms with Crippen LogP contribution >= 0.6 is 7.14 Å². The normalized spacial score (nSPS) is 16.6. The summed E-state index contributed by atoms with van der Waals surface area (Å²) in [7, 11) is -4.01. The van der Waals surface area contributed by atoms with Crippen LogP contribution in [0.5, 0.6) is 0 Å². The molecule has 0 aromatic heterocycles. The molecule has 33 heavy (non-hydrogen) atoms. The molecule has 1 aliphatic rings. The van der Waals surface area contributed by atoms with E-state index in [9.17, 15) is 14.2 Å². The van der Waals surface area contributed by atoms with Crippen molar-refractivity contribution in [1.82, 2.24) is 0 Å². The lowest BCUT2D eigenvalue weighted by Crippen LogP contribution is -2.25. The molecule has 0 saturated carbocycles. The second-order valence-electron chi connectivity index (χ2n) is 9.29. The van der Waals surface area contributed by atoms with Crippen molar-refractivity contribution in [3.8, 4) is 0 Å². The minimum atomic E-state index is -4.01. The van der Waals surface area contributed by atoms with E-state index >= 15 is 0 Å². The van der Waals surface area contributed by atoms with Gasteiger partial charge in [0, 0.05) is 23.9 Å². The molecule has 6 heteroatoms. The van der Waals surface area contributed by atoms with E-state index in [1.807, 2.05) is 65.8 Å². The molecule has 2 aromatic carbocycles. The van der Waals surface area contributed by atoms with Gasteiger partial charge in [0.05, 0.1) is 6.61 Å². The maximum absolute atomic E-state index is 14.4. The molecule has 5 nitrogen and oxygen atoms in total. The molecule has 0 bridgehead atoms. The van der Waals surface area contributed by atoms with Crippen LogP contribution in [0.25, 0.3) is 0 Å². The number of hydrogen-bond donors (Lipinski definition) is 0. The minimum absolute atomic E-state index is 0.0351. The minimum Gasteiger partial charge on any atom is -0.353 e. The first-order valence-electron chi connectivity index (χ1n) is 11.6. The van der Waals surface area contributed by atoms with Crippen LogP contribution in [0.4, 0.5) is 0 Å². The summed E-state index contributed by atoms with van der Waals surface area (Å²) in [5, 5.41) is 0. The van der Waals surface area contributed by atoms with E-state index in [1.165, 1.54) is 0 Å². The lowest BCUT2D eigenvalue weighted by Gasteiger charge is -2.24. The summed E-state index contributed by atoms with van der Waals surface area (Å²) in [6.45, 7) is 11.9. The zero-order chi connectivity index (χ0) is 24.3. The van der Waals surface area contributed by atoms with Crippen molar-refractivity contribution in [2.45, 2.75) is 67.1 Å². The van der Waals surface area contributed by atoms with Gasteiger partial charge in [-0.2, -0.15) is 0 Å². The van der Waals surface area contributed by atoms with Crippen molar-refractivity contribution in [2.24, 2.45) is 0 Å². The van der Waals surface area contributed by atoms with Crippen LogP contribution in [0.2, 0.25) is 0 Å². The first-order valence-corrected chi connectivity index (χ1v) is 13.5. The summed E-state index contributed by atoms with van der Waals surface area (Å²) >= 11 is 0. The van der Waals surface area contributed by atoms with Crippen molar-refractivity contribution in [1.29, 1.82) is 0 Å². The second kappa shape index (κ2) is 10.5. The summed E-state index contributed by atoms with van der Waals surface area (Å²) in [5.74, 6) is 0. The summed E-state index contributed by atoms with van der Waals surface area (Å²) < 4.78 is 25.8. The van der Waals surface area contributed by atoms with Crippen molar-refractivity contribution < 1.29 is 23.6 Å². The fourth-order valence-corrected chi connectivity index (χ4v) is 7.23. The van der Waals surface area contributed by atoms with E-state index in [-0.39, 0.29) is 19.1 Å². The monoisotopic (exact) mass is 470 g/mol. The molecule has 3 rings (SSSR count). The molecule has 1 aliphatic heterocycles. The van der Waals surface area contributed by atoms with Crippen molar-refractivity contribution >= 4 is 18.2 Å². The third-order valence-electron chi connectivity index (χ3n) is 6.29. The van der Waals surface area contributed by atoms with E-state index in [0.29, 0.717) is 17.7 Å². The Hall–Kier alpha value is -2.07. The van der Waals surface area contributed by atoms with Crippen molar-refractivity contribution in [3.63, 3.8) is 0 Å². The Morgan fingerprint density at radius 2 is 1.30 bits per heavy atom. The molecule has 178 valence electrons. The molecular weight excluding hydrogens is 435 g/mol. The number of ether oxygens (including phenoxy) is 2. The Balaban J connectivity index is 2.01. The van der Waals surface area contributed by atoms with E-state index in [2.05, 4.69) is 0 Å². The highest BCUT2D eigenvalue weighted by Crippen LogP contribution is 2.53. The summed E-state index contributed by atoms with van der Waals surface area (Å²) in [6.07, 6.45) is 2.25. The van der Waals surface area contributed by atoms with E-state index in [0.717, 1.165) is 52.6 Å². The Labute approximate surface area is 197 Å². The van der Waals surface area contributed by atoms with Gasteiger partial charge in [0.25, 0.3) is 0 Å². The molecule has 1 heterocycles. The van der Waals surface area contributed by atoms with Gasteiger partial charge in [0.1, 0.15) is 0 Å². The molecule has 0 spiro atoms. The summed E-state index contributed by atoms with van der Waals surface area (Å²) in [6, 6.07) is 7.57. The van der Waals surface area contributed by atoms with Gasteiger partial charge in [-0.15, -0.1) is 0 Å². The average Bonchev–Trinajstić information content (AvgIpc) is 2.72. The van der Waals surface area contributed by atoms with Crippen LogP contribution in [-0.2, 0) is 14.0 Å². The van der Waals surface area contributed by atoms with Crippen LogP contribution < -0.4 is 0 Å². The largest absolute Gasteiger partial charge is 0.353 e. The molecule has 0 amide bonds. The van der Waals surface area contributed by atoms with Gasteiger partial charge in [0.2, 0.25) is 18.2 Å². The van der Waals surface area contributed by atoms with Crippen LogP contribution in [0.15, 0.2) is 24.3 Å². The second-order valence-corrected chi connectivity index (χ2v) is 12.0. The van der Waals surface area contributed by atoms with Crippen LogP contribution in [-0.4, -0.2) is 36.7 Å². The van der Waals surface area contributed by atoms with E-state index in [1.54, 1.807) is 0 Å². The topological polar surface area (TPSA) is 69.7 Å². The quantitative estimate of drug-likeness (QED) is 0.416. The van der Waals surface area contributed by atoms with Crippen LogP contribution in [0.1, 0.15) is 73.4 Å². The summed E-state index contributed by atoms with van der Waals surface area (Å²) in [4.78, 5) is 27.7. The van der Waals surface area contributed by atoms with Crippen LogP contribution in [0, 0.1) is 41.5 Å². The number of aryl methyl sites for hydroxylation is 6. The predicted molar refractivity (Wildman–Crippen MR) is 132 cm³/mol. The molecule has 1 fully saturated rings. The lowest BCUT2D eigenvalue weighted by molar-refractivity contribution is -0.158. The maximum atomic E-state index is 14.4. The molecule has 0 aliphatic carbocycles. The lowest BCUT2D eigenvalue weighted by atomic mass is 10.0. The highest BCUT2D eigenvalue weighted by molar-refractivity contribution is 7.95. The SMILES string of the molecule is Cc1cc(C)c(C(=O)P(=O)(CCOC2CCCCO2)C(=O)c2c(C)cc(C)cc2C)c(C)c1. The number of carbonyl (C=O) groups excluding carboxylic acids is 2. The molecule has 1 unspecified atom stereocenters. The van der Waals surface area contributed by atoms with Crippen molar-refractivity contribution in [2.75, 3.05) is 19.4 Å². The third kappa shape index (κ3) is 5.54. The first-order chi connectivity index (χ1) is 15.5. The summed E-state index contributed by atoms with van der Waals surface area (Å²) in [5.41, 5.74) is 4.60.